The van der Waals surface area contributed by atoms with Gasteiger partial charge in [-0.25, -0.2) is 9.78 Å². The molecule has 0 bridgehead atoms. The minimum atomic E-state index is -0.988. The van der Waals surface area contributed by atoms with Crippen LogP contribution in [0.4, 0.5) is 5.82 Å². The molecule has 5 heteroatoms. The van der Waals surface area contributed by atoms with E-state index in [9.17, 15) is 9.90 Å². The third-order valence-electron chi connectivity index (χ3n) is 3.65. The first-order valence-corrected chi connectivity index (χ1v) is 6.70. The number of pyridine rings is 1. The summed E-state index contributed by atoms with van der Waals surface area (Å²) in [4.78, 5) is 15.6. The quantitative estimate of drug-likeness (QED) is 0.772. The summed E-state index contributed by atoms with van der Waals surface area (Å²) in [6, 6.07) is 3.07. The van der Waals surface area contributed by atoms with Crippen LogP contribution in [0.15, 0.2) is 12.1 Å². The number of aromatic nitrogens is 1. The molecule has 1 aromatic heterocycles. The third-order valence-corrected chi connectivity index (χ3v) is 3.65. The Morgan fingerprint density at radius 2 is 1.80 bits per heavy atom. The van der Waals surface area contributed by atoms with Crippen molar-refractivity contribution >= 4 is 11.8 Å². The van der Waals surface area contributed by atoms with Crippen molar-refractivity contribution in [3.8, 4) is 0 Å². The number of rotatable bonds is 5. The highest BCUT2D eigenvalue weighted by atomic mass is 16.4. The summed E-state index contributed by atoms with van der Waals surface area (Å²) in [5, 5.41) is 22.5. The van der Waals surface area contributed by atoms with Gasteiger partial charge in [0.25, 0.3) is 0 Å². The van der Waals surface area contributed by atoms with Crippen LogP contribution in [0.2, 0.25) is 0 Å². The van der Waals surface area contributed by atoms with Gasteiger partial charge in [0.1, 0.15) is 5.82 Å². The molecule has 0 fully saturated rings. The zero-order chi connectivity index (χ0) is 15.7. The van der Waals surface area contributed by atoms with E-state index in [0.29, 0.717) is 11.5 Å². The normalized spacial score (nSPS) is 12.6. The fourth-order valence-electron chi connectivity index (χ4n) is 1.51. The van der Waals surface area contributed by atoms with Crippen LogP contribution in [0.3, 0.4) is 0 Å². The molecule has 0 atom stereocenters. The lowest BCUT2D eigenvalue weighted by atomic mass is 9.86. The van der Waals surface area contributed by atoms with Crippen molar-refractivity contribution in [1.29, 1.82) is 0 Å². The van der Waals surface area contributed by atoms with Gasteiger partial charge in [0.05, 0.1) is 16.7 Å². The lowest BCUT2D eigenvalue weighted by Crippen LogP contribution is -2.51. The second-order valence-electron chi connectivity index (χ2n) is 6.43. The molecule has 1 heterocycles. The molecule has 112 valence electrons. The van der Waals surface area contributed by atoms with Gasteiger partial charge in [0.2, 0.25) is 0 Å². The fraction of sp³-hybridized carbons (Fsp3) is 0.600. The Morgan fingerprint density at radius 1 is 1.25 bits per heavy atom. The van der Waals surface area contributed by atoms with E-state index in [4.69, 9.17) is 5.11 Å². The number of aromatic carboxylic acids is 1. The topological polar surface area (TPSA) is 82.5 Å². The number of carboxylic acids is 1. The predicted molar refractivity (Wildman–Crippen MR) is 79.3 cm³/mol. The Kier molecular flexibility index (Phi) is 4.44. The lowest BCUT2D eigenvalue weighted by Gasteiger charge is -2.38. The van der Waals surface area contributed by atoms with Gasteiger partial charge in [-0.15, -0.1) is 0 Å². The number of aliphatic hydroxyl groups is 1. The van der Waals surface area contributed by atoms with E-state index in [1.54, 1.807) is 19.9 Å². The van der Waals surface area contributed by atoms with Gasteiger partial charge in [-0.2, -0.15) is 0 Å². The van der Waals surface area contributed by atoms with Gasteiger partial charge in [-0.3, -0.25) is 0 Å². The lowest BCUT2D eigenvalue weighted by molar-refractivity contribution is 0.0238. The van der Waals surface area contributed by atoms with Gasteiger partial charge in [-0.1, -0.05) is 13.8 Å². The molecule has 0 saturated heterocycles. The van der Waals surface area contributed by atoms with Crippen molar-refractivity contribution in [3.63, 3.8) is 0 Å². The molecule has 5 nitrogen and oxygen atoms in total. The Hall–Kier alpha value is -1.62. The monoisotopic (exact) mass is 280 g/mol. The Labute approximate surface area is 120 Å². The van der Waals surface area contributed by atoms with Crippen molar-refractivity contribution in [1.82, 2.24) is 4.98 Å². The molecule has 20 heavy (non-hydrogen) atoms. The molecule has 0 spiro atoms. The molecule has 0 aliphatic rings. The minimum absolute atomic E-state index is 0.125. The van der Waals surface area contributed by atoms with Crippen LogP contribution in [0.5, 0.6) is 0 Å². The van der Waals surface area contributed by atoms with E-state index in [2.05, 4.69) is 10.3 Å². The van der Waals surface area contributed by atoms with Crippen LogP contribution >= 0.6 is 0 Å². The molecule has 0 aromatic carbocycles. The van der Waals surface area contributed by atoms with Gasteiger partial charge >= 0.3 is 5.97 Å². The number of nitrogens with zero attached hydrogens (tertiary/aromatic N) is 1. The third kappa shape index (κ3) is 3.70. The summed E-state index contributed by atoms with van der Waals surface area (Å²) in [7, 11) is 0. The number of carbonyl (C=O) groups is 1. The summed E-state index contributed by atoms with van der Waals surface area (Å²) >= 11 is 0. The van der Waals surface area contributed by atoms with Gasteiger partial charge in [0.15, 0.2) is 0 Å². The second kappa shape index (κ2) is 5.40. The van der Waals surface area contributed by atoms with Crippen LogP contribution in [0, 0.1) is 0 Å². The SMILES string of the molecule is CC(C)c1cc(C(=O)O)cc(NC(C)(C)C(C)(C)O)n1. The Morgan fingerprint density at radius 3 is 2.20 bits per heavy atom. The number of anilines is 1. The van der Waals surface area contributed by atoms with Gasteiger partial charge in [-0.05, 0) is 45.7 Å². The molecule has 0 saturated carbocycles. The van der Waals surface area contributed by atoms with Crippen LogP contribution in [-0.4, -0.2) is 32.3 Å². The maximum Gasteiger partial charge on any atom is 0.335 e. The molecular formula is C15H24N2O3. The summed E-state index contributed by atoms with van der Waals surface area (Å²) < 4.78 is 0. The van der Waals surface area contributed by atoms with E-state index in [1.165, 1.54) is 6.07 Å². The van der Waals surface area contributed by atoms with E-state index in [1.807, 2.05) is 27.7 Å². The molecule has 0 aliphatic carbocycles. The highest BCUT2D eigenvalue weighted by molar-refractivity contribution is 5.88. The van der Waals surface area contributed by atoms with Crippen LogP contribution in [0.25, 0.3) is 0 Å². The summed E-state index contributed by atoms with van der Waals surface area (Å²) in [5.74, 6) is -0.403. The second-order valence-corrected chi connectivity index (χ2v) is 6.43. The molecule has 0 aliphatic heterocycles. The highest BCUT2D eigenvalue weighted by Gasteiger charge is 2.35. The minimum Gasteiger partial charge on any atom is -0.478 e. The summed E-state index contributed by atoms with van der Waals surface area (Å²) in [5.41, 5.74) is -0.728. The van der Waals surface area contributed by atoms with Gasteiger partial charge < -0.3 is 15.5 Å². The van der Waals surface area contributed by atoms with Crippen molar-refractivity contribution in [2.24, 2.45) is 0 Å². The Balaban J connectivity index is 3.22. The first-order chi connectivity index (χ1) is 8.94. The van der Waals surface area contributed by atoms with E-state index in [-0.39, 0.29) is 11.5 Å². The average molecular weight is 280 g/mol. The summed E-state index contributed by atoms with van der Waals surface area (Å²) in [6.45, 7) is 11.0. The molecule has 0 amide bonds. The predicted octanol–water partition coefficient (Wildman–Crippen LogP) is 2.86. The molecular weight excluding hydrogens is 256 g/mol. The van der Waals surface area contributed by atoms with E-state index in [0.717, 1.165) is 0 Å². The first kappa shape index (κ1) is 16.4. The zero-order valence-electron chi connectivity index (χ0n) is 13.0. The smallest absolute Gasteiger partial charge is 0.335 e. The molecule has 1 aromatic rings. The van der Waals surface area contributed by atoms with Crippen LogP contribution in [0.1, 0.15) is 63.5 Å². The van der Waals surface area contributed by atoms with Crippen molar-refractivity contribution in [2.75, 3.05) is 5.32 Å². The zero-order valence-corrected chi connectivity index (χ0v) is 13.0. The maximum absolute atomic E-state index is 11.2. The standard InChI is InChI=1S/C15H24N2O3/c1-9(2)11-7-10(13(18)19)8-12(16-11)17-14(3,4)15(5,6)20/h7-9,20H,1-6H3,(H,16,17)(H,18,19). The fourth-order valence-corrected chi connectivity index (χ4v) is 1.51. The van der Waals surface area contributed by atoms with Crippen molar-refractivity contribution in [2.45, 2.75) is 58.6 Å². The summed E-state index contributed by atoms with van der Waals surface area (Å²) in [6.07, 6.45) is 0. The van der Waals surface area contributed by atoms with Gasteiger partial charge in [0, 0.05) is 5.69 Å². The molecule has 0 radical (unpaired) electrons. The van der Waals surface area contributed by atoms with Crippen molar-refractivity contribution < 1.29 is 15.0 Å². The number of carboxylic acid groups (broad SMARTS) is 1. The van der Waals surface area contributed by atoms with Crippen LogP contribution in [-0.2, 0) is 0 Å². The van der Waals surface area contributed by atoms with Crippen LogP contribution < -0.4 is 5.32 Å². The largest absolute Gasteiger partial charge is 0.478 e. The maximum atomic E-state index is 11.2. The molecule has 3 N–H and O–H groups in total. The Bertz CT molecular complexity index is 502. The molecule has 1 rings (SSSR count). The number of nitrogens with one attached hydrogen (secondary N) is 1. The first-order valence-electron chi connectivity index (χ1n) is 6.70. The van der Waals surface area contributed by atoms with E-state index >= 15 is 0 Å². The highest BCUT2D eigenvalue weighted by Crippen LogP contribution is 2.26. The molecule has 0 unspecified atom stereocenters. The number of hydrogen-bond acceptors (Lipinski definition) is 4. The van der Waals surface area contributed by atoms with E-state index < -0.39 is 17.1 Å². The number of hydrogen-bond donors (Lipinski definition) is 3. The van der Waals surface area contributed by atoms with Crippen molar-refractivity contribution in [3.05, 3.63) is 23.4 Å². The average Bonchev–Trinajstić information content (AvgIpc) is 2.26.